The highest BCUT2D eigenvalue weighted by molar-refractivity contribution is 9.11. The quantitative estimate of drug-likeness (QED) is 0.557. The van der Waals surface area contributed by atoms with E-state index in [2.05, 4.69) is 52.4 Å². The van der Waals surface area contributed by atoms with E-state index in [1.807, 2.05) is 18.2 Å². The predicted octanol–water partition coefficient (Wildman–Crippen LogP) is 4.32. The number of anilines is 1. The fraction of sp³-hybridized carbons (Fsp3) is 0.0714. The summed E-state index contributed by atoms with van der Waals surface area (Å²) in [4.78, 5) is 16.3. The van der Waals surface area contributed by atoms with Gasteiger partial charge in [0.25, 0.3) is 0 Å². The number of H-pyrrole nitrogens is 1. The zero-order chi connectivity index (χ0) is 16.2. The van der Waals surface area contributed by atoms with Gasteiger partial charge in [-0.3, -0.25) is 9.89 Å². The Kier molecular flexibility index (Phi) is 5.19. The minimum Gasteiger partial charge on any atom is -0.461 e. The number of aromatic nitrogens is 3. The topological polar surface area (TPSA) is 83.8 Å². The first-order chi connectivity index (χ1) is 11.1. The van der Waals surface area contributed by atoms with Crippen LogP contribution in [0.1, 0.15) is 0 Å². The van der Waals surface area contributed by atoms with E-state index in [9.17, 15) is 4.79 Å². The van der Waals surface area contributed by atoms with Gasteiger partial charge in [-0.25, -0.2) is 0 Å². The van der Waals surface area contributed by atoms with Crippen molar-refractivity contribution in [3.63, 3.8) is 0 Å². The molecule has 1 aromatic carbocycles. The molecule has 0 spiro atoms. The molecule has 0 radical (unpaired) electrons. The van der Waals surface area contributed by atoms with Crippen molar-refractivity contribution < 1.29 is 9.21 Å². The third-order valence-corrected chi connectivity index (χ3v) is 4.79. The van der Waals surface area contributed by atoms with Gasteiger partial charge >= 0.3 is 0 Å². The lowest BCUT2D eigenvalue weighted by atomic mass is 10.3. The van der Waals surface area contributed by atoms with Gasteiger partial charge in [-0.2, -0.15) is 4.98 Å². The van der Waals surface area contributed by atoms with Crippen LogP contribution < -0.4 is 5.32 Å². The van der Waals surface area contributed by atoms with E-state index in [4.69, 9.17) is 4.42 Å². The summed E-state index contributed by atoms with van der Waals surface area (Å²) in [5, 5.41) is 10.2. The van der Waals surface area contributed by atoms with Crippen LogP contribution in [0, 0.1) is 0 Å². The molecule has 0 aliphatic carbocycles. The standard InChI is InChI=1S/C14H10Br2N4O2S/c15-8-3-4-9(16)10(6-8)17-12(21)7-23-14-18-13(19-20-14)11-2-1-5-22-11/h1-6H,7H2,(H,17,21)(H,18,19,20). The van der Waals surface area contributed by atoms with Gasteiger partial charge in [-0.15, -0.1) is 5.10 Å². The Morgan fingerprint density at radius 1 is 1.35 bits per heavy atom. The maximum atomic E-state index is 12.0. The molecule has 0 unspecified atom stereocenters. The minimum atomic E-state index is -0.141. The zero-order valence-corrected chi connectivity index (χ0v) is 15.5. The van der Waals surface area contributed by atoms with Gasteiger partial charge in [0.2, 0.25) is 11.1 Å². The Bertz CT molecular complexity index is 820. The fourth-order valence-corrected chi connectivity index (χ4v) is 3.05. The highest BCUT2D eigenvalue weighted by atomic mass is 79.9. The monoisotopic (exact) mass is 456 g/mol. The van der Waals surface area contributed by atoms with Crippen LogP contribution in [-0.2, 0) is 4.79 Å². The van der Waals surface area contributed by atoms with E-state index in [1.165, 1.54) is 11.8 Å². The van der Waals surface area contributed by atoms with E-state index in [0.29, 0.717) is 22.4 Å². The van der Waals surface area contributed by atoms with Gasteiger partial charge in [-0.1, -0.05) is 27.7 Å². The van der Waals surface area contributed by atoms with Crippen LogP contribution in [0.4, 0.5) is 5.69 Å². The number of thioether (sulfide) groups is 1. The number of furan rings is 1. The molecule has 3 aromatic rings. The van der Waals surface area contributed by atoms with Crippen LogP contribution in [0.2, 0.25) is 0 Å². The molecule has 0 saturated heterocycles. The zero-order valence-electron chi connectivity index (χ0n) is 11.5. The number of amides is 1. The van der Waals surface area contributed by atoms with Crippen LogP contribution in [0.5, 0.6) is 0 Å². The molecule has 1 amide bonds. The summed E-state index contributed by atoms with van der Waals surface area (Å²) in [6.07, 6.45) is 1.56. The number of rotatable bonds is 5. The lowest BCUT2D eigenvalue weighted by molar-refractivity contribution is -0.113. The third kappa shape index (κ3) is 4.24. The van der Waals surface area contributed by atoms with Crippen molar-refractivity contribution in [2.75, 3.05) is 11.1 Å². The van der Waals surface area contributed by atoms with Crippen LogP contribution in [0.25, 0.3) is 11.6 Å². The SMILES string of the molecule is O=C(CSc1n[nH]c(-c2ccco2)n1)Nc1cc(Br)ccc1Br. The van der Waals surface area contributed by atoms with Gasteiger partial charge < -0.3 is 9.73 Å². The minimum absolute atomic E-state index is 0.141. The number of halogens is 2. The molecule has 0 bridgehead atoms. The molecule has 0 aliphatic rings. The summed E-state index contributed by atoms with van der Waals surface area (Å²) in [6.45, 7) is 0. The van der Waals surface area contributed by atoms with Crippen LogP contribution in [0.15, 0.2) is 55.1 Å². The first-order valence-electron chi connectivity index (χ1n) is 6.46. The molecular weight excluding hydrogens is 448 g/mol. The first-order valence-corrected chi connectivity index (χ1v) is 9.03. The summed E-state index contributed by atoms with van der Waals surface area (Å²) in [7, 11) is 0. The van der Waals surface area contributed by atoms with E-state index >= 15 is 0 Å². The number of hydrogen-bond acceptors (Lipinski definition) is 5. The molecule has 6 nitrogen and oxygen atoms in total. The largest absolute Gasteiger partial charge is 0.461 e. The average Bonchev–Trinajstić information content (AvgIpc) is 3.19. The summed E-state index contributed by atoms with van der Waals surface area (Å²) < 4.78 is 6.94. The Balaban J connectivity index is 1.58. The van der Waals surface area contributed by atoms with Crippen molar-refractivity contribution in [1.29, 1.82) is 0 Å². The lowest BCUT2D eigenvalue weighted by Crippen LogP contribution is -2.14. The molecule has 9 heteroatoms. The second kappa shape index (κ2) is 7.33. The van der Waals surface area contributed by atoms with Gasteiger partial charge in [0.1, 0.15) is 0 Å². The van der Waals surface area contributed by atoms with Gasteiger partial charge in [0.05, 0.1) is 17.7 Å². The maximum absolute atomic E-state index is 12.0. The number of carbonyl (C=O) groups excluding carboxylic acids is 1. The summed E-state index contributed by atoms with van der Waals surface area (Å²) in [5.74, 6) is 1.20. The van der Waals surface area contributed by atoms with E-state index < -0.39 is 0 Å². The molecule has 2 heterocycles. The second-order valence-corrected chi connectivity index (χ2v) is 7.12. The number of aromatic amines is 1. The van der Waals surface area contributed by atoms with Crippen molar-refractivity contribution >= 4 is 55.2 Å². The number of benzene rings is 1. The van der Waals surface area contributed by atoms with E-state index in [0.717, 1.165) is 8.95 Å². The maximum Gasteiger partial charge on any atom is 0.234 e. The third-order valence-electron chi connectivity index (χ3n) is 2.75. The molecule has 0 atom stereocenters. The molecule has 23 heavy (non-hydrogen) atoms. The lowest BCUT2D eigenvalue weighted by Gasteiger charge is -2.07. The molecule has 118 valence electrons. The molecule has 2 N–H and O–H groups in total. The number of nitrogens with zero attached hydrogens (tertiary/aromatic N) is 2. The summed E-state index contributed by atoms with van der Waals surface area (Å²) in [6, 6.07) is 9.13. The second-order valence-electron chi connectivity index (χ2n) is 4.40. The Morgan fingerprint density at radius 3 is 3.00 bits per heavy atom. The summed E-state index contributed by atoms with van der Waals surface area (Å²) >= 11 is 8.01. The number of hydrogen-bond donors (Lipinski definition) is 2. The normalized spacial score (nSPS) is 10.7. The Morgan fingerprint density at radius 2 is 2.22 bits per heavy atom. The van der Waals surface area contributed by atoms with Crippen molar-refractivity contribution in [3.05, 3.63) is 45.5 Å². The van der Waals surface area contributed by atoms with Crippen LogP contribution in [-0.4, -0.2) is 26.8 Å². The van der Waals surface area contributed by atoms with Gasteiger partial charge in [-0.05, 0) is 46.3 Å². The Labute approximate surface area is 152 Å². The van der Waals surface area contributed by atoms with Gasteiger partial charge in [0.15, 0.2) is 11.6 Å². The molecule has 3 rings (SSSR count). The van der Waals surface area contributed by atoms with Gasteiger partial charge in [0, 0.05) is 8.95 Å². The molecule has 0 saturated carbocycles. The van der Waals surface area contributed by atoms with Crippen LogP contribution in [0.3, 0.4) is 0 Å². The number of nitrogens with one attached hydrogen (secondary N) is 2. The molecule has 0 fully saturated rings. The van der Waals surface area contributed by atoms with Crippen molar-refractivity contribution in [1.82, 2.24) is 15.2 Å². The predicted molar refractivity (Wildman–Crippen MR) is 95.3 cm³/mol. The molecule has 0 aliphatic heterocycles. The highest BCUT2D eigenvalue weighted by Gasteiger charge is 2.11. The van der Waals surface area contributed by atoms with Crippen molar-refractivity contribution in [3.8, 4) is 11.6 Å². The highest BCUT2D eigenvalue weighted by Crippen LogP contribution is 2.26. The smallest absolute Gasteiger partial charge is 0.234 e. The van der Waals surface area contributed by atoms with Crippen LogP contribution >= 0.6 is 43.6 Å². The Hall–Kier alpha value is -1.58. The van der Waals surface area contributed by atoms with E-state index in [1.54, 1.807) is 18.4 Å². The van der Waals surface area contributed by atoms with Crippen molar-refractivity contribution in [2.45, 2.75) is 5.16 Å². The van der Waals surface area contributed by atoms with E-state index in [-0.39, 0.29) is 11.7 Å². The molecule has 2 aromatic heterocycles. The number of carbonyl (C=O) groups is 1. The molecular formula is C14H10Br2N4O2S. The first kappa shape index (κ1) is 16.3. The van der Waals surface area contributed by atoms with Crippen molar-refractivity contribution in [2.24, 2.45) is 0 Å². The average molecular weight is 458 g/mol. The fourth-order valence-electron chi connectivity index (χ4n) is 1.74. The summed E-state index contributed by atoms with van der Waals surface area (Å²) in [5.41, 5.74) is 0.705.